The molecule has 136 valence electrons. The Labute approximate surface area is 158 Å². The number of carbonyl (C=O) groups is 1. The second-order valence-corrected chi connectivity index (χ2v) is 18.2. The first-order valence-corrected chi connectivity index (χ1v) is 16.1. The maximum absolute atomic E-state index is 12.8. The van der Waals surface area contributed by atoms with Gasteiger partial charge in [0.25, 0.3) is 0 Å². The van der Waals surface area contributed by atoms with Crippen LogP contribution in [0.1, 0.15) is 51.9 Å². The Morgan fingerprint density at radius 1 is 0.800 bits per heavy atom. The van der Waals surface area contributed by atoms with Gasteiger partial charge < -0.3 is 0 Å². The van der Waals surface area contributed by atoms with Crippen LogP contribution in [0.15, 0.2) is 65.3 Å². The molecule has 0 bridgehead atoms. The molecule has 0 aromatic heterocycles. The summed E-state index contributed by atoms with van der Waals surface area (Å²) < 4.78 is 9.07. The van der Waals surface area contributed by atoms with Crippen molar-refractivity contribution in [2.75, 3.05) is 0 Å². The first-order valence-electron chi connectivity index (χ1n) is 8.92. The van der Waals surface area contributed by atoms with Gasteiger partial charge in [-0.15, -0.1) is 0 Å². The maximum atomic E-state index is 12.8. The molecule has 3 heteroatoms. The third kappa shape index (κ3) is 8.57. The fourth-order valence-electron chi connectivity index (χ4n) is 2.38. The third-order valence-corrected chi connectivity index (χ3v) is 13.8. The Morgan fingerprint density at radius 2 is 1.20 bits per heavy atom. The van der Waals surface area contributed by atoms with Gasteiger partial charge in [0.2, 0.25) is 0 Å². The van der Waals surface area contributed by atoms with Crippen LogP contribution < -0.4 is 0 Å². The minimum atomic E-state index is -3.21. The van der Waals surface area contributed by atoms with Gasteiger partial charge in [0.15, 0.2) is 0 Å². The van der Waals surface area contributed by atoms with E-state index in [4.69, 9.17) is 3.07 Å². The molecule has 0 aliphatic rings. The minimum absolute atomic E-state index is 0.164. The van der Waals surface area contributed by atoms with Crippen LogP contribution in [0.25, 0.3) is 0 Å². The first-order chi connectivity index (χ1) is 11.7. The molecule has 0 fully saturated rings. The Kier molecular flexibility index (Phi) is 9.26. The first kappa shape index (κ1) is 21.8. The summed E-state index contributed by atoms with van der Waals surface area (Å²) in [4.78, 5) is 12.8. The molecule has 0 saturated heterocycles. The van der Waals surface area contributed by atoms with Crippen LogP contribution in [-0.2, 0) is 3.07 Å². The zero-order valence-corrected chi connectivity index (χ0v) is 19.4. The van der Waals surface area contributed by atoms with E-state index in [1.807, 2.05) is 30.3 Å². The Balaban J connectivity index is 3.19. The summed E-state index contributed by atoms with van der Waals surface area (Å²) >= 11 is -3.21. The molecule has 0 spiro atoms. The van der Waals surface area contributed by atoms with E-state index in [9.17, 15) is 4.79 Å². The van der Waals surface area contributed by atoms with E-state index in [-0.39, 0.29) is 5.97 Å². The van der Waals surface area contributed by atoms with Crippen molar-refractivity contribution in [2.45, 2.75) is 54.9 Å². The summed E-state index contributed by atoms with van der Waals surface area (Å²) in [5, 5.41) is 0. The van der Waals surface area contributed by atoms with E-state index in [1.165, 1.54) is 16.7 Å². The van der Waals surface area contributed by atoms with Gasteiger partial charge in [-0.2, -0.15) is 0 Å². The number of hydrogen-bond acceptors (Lipinski definition) is 2. The van der Waals surface area contributed by atoms with Crippen molar-refractivity contribution >= 4 is 24.8 Å². The second-order valence-electron chi connectivity index (χ2n) is 7.40. The molecule has 2 nitrogen and oxygen atoms in total. The molecule has 0 aliphatic carbocycles. The summed E-state index contributed by atoms with van der Waals surface area (Å²) in [5.41, 5.74) is 4.50. The molecule has 0 aliphatic heterocycles. The zero-order chi connectivity index (χ0) is 18.9. The molecule has 1 aromatic rings. The number of allylic oxidation sites excluding steroid dienone is 6. The van der Waals surface area contributed by atoms with Gasteiger partial charge in [0, 0.05) is 0 Å². The Hall–Kier alpha value is -1.29. The van der Waals surface area contributed by atoms with Gasteiger partial charge in [0.1, 0.15) is 0 Å². The van der Waals surface area contributed by atoms with Gasteiger partial charge in [-0.1, -0.05) is 0 Å². The van der Waals surface area contributed by atoms with Crippen LogP contribution in [0.2, 0.25) is 13.3 Å². The fraction of sp³-hybridized carbons (Fsp3) is 0.409. The van der Waals surface area contributed by atoms with E-state index in [0.717, 1.165) is 13.3 Å². The third-order valence-electron chi connectivity index (χ3n) is 3.97. The van der Waals surface area contributed by atoms with E-state index >= 15 is 0 Å². The topological polar surface area (TPSA) is 26.3 Å². The van der Waals surface area contributed by atoms with E-state index in [1.54, 1.807) is 0 Å². The summed E-state index contributed by atoms with van der Waals surface area (Å²) in [6.45, 7) is 12.7. The fourth-order valence-corrected chi connectivity index (χ4v) is 12.7. The summed E-state index contributed by atoms with van der Waals surface area (Å²) in [6, 6.07) is 9.36. The predicted octanol–water partition coefficient (Wildman–Crippen LogP) is 6.69. The molecule has 0 atom stereocenters. The number of benzene rings is 1. The van der Waals surface area contributed by atoms with Crippen LogP contribution in [0.3, 0.4) is 0 Å². The van der Waals surface area contributed by atoms with Crippen molar-refractivity contribution < 1.29 is 7.87 Å². The molecule has 1 aromatic carbocycles. The molecule has 1 rings (SSSR count). The van der Waals surface area contributed by atoms with Gasteiger partial charge in [-0.05, 0) is 0 Å². The quantitative estimate of drug-likeness (QED) is 0.328. The van der Waals surface area contributed by atoms with Crippen LogP contribution >= 0.6 is 0 Å². The van der Waals surface area contributed by atoms with Crippen molar-refractivity contribution in [1.29, 1.82) is 0 Å². The predicted molar refractivity (Wildman–Crippen MR) is 110 cm³/mol. The van der Waals surface area contributed by atoms with E-state index < -0.39 is 18.8 Å². The van der Waals surface area contributed by atoms with Crippen molar-refractivity contribution in [3.63, 3.8) is 0 Å². The number of carbonyl (C=O) groups excluding carboxylic acids is 1. The van der Waals surface area contributed by atoms with Gasteiger partial charge >= 0.3 is 158 Å². The summed E-state index contributed by atoms with van der Waals surface area (Å²) in [6.07, 6.45) is 6.77. The van der Waals surface area contributed by atoms with Crippen molar-refractivity contribution in [2.24, 2.45) is 0 Å². The Morgan fingerprint density at radius 3 is 1.56 bits per heavy atom. The molecule has 0 heterocycles. The van der Waals surface area contributed by atoms with Crippen LogP contribution in [0.5, 0.6) is 0 Å². The molecule has 0 amide bonds. The van der Waals surface area contributed by atoms with Gasteiger partial charge in [-0.3, -0.25) is 0 Å². The van der Waals surface area contributed by atoms with Gasteiger partial charge in [0.05, 0.1) is 0 Å². The Bertz CT molecular complexity index is 592. The van der Waals surface area contributed by atoms with E-state index in [0.29, 0.717) is 5.56 Å². The molecule has 0 unspecified atom stereocenters. The van der Waals surface area contributed by atoms with Crippen molar-refractivity contribution in [1.82, 2.24) is 0 Å². The SMILES string of the molecule is CC(C)=C[CH2][Sn]([CH2]C=C(C)C)([CH2]C=C(C)C)[O]C(=O)c1ccccc1. The summed E-state index contributed by atoms with van der Waals surface area (Å²) in [5.74, 6) is -0.164. The molecule has 25 heavy (non-hydrogen) atoms. The van der Waals surface area contributed by atoms with E-state index in [2.05, 4.69) is 59.8 Å². The van der Waals surface area contributed by atoms with Crippen LogP contribution in [-0.4, -0.2) is 24.8 Å². The van der Waals surface area contributed by atoms with Crippen molar-refractivity contribution in [3.05, 3.63) is 70.8 Å². The average molecular weight is 447 g/mol. The average Bonchev–Trinajstić information content (AvgIpc) is 2.56. The standard InChI is InChI=1S/C7H6O2.3C5H9.Sn/c8-7(9)6-4-2-1-3-5-6;3*1-4-5(2)3;/h1-5H,(H,8,9);3*4H,1H2,2-3H3;/q;;;;+1/p-1. The molecular weight excluding hydrogens is 415 g/mol. The monoisotopic (exact) mass is 448 g/mol. The number of hydrogen-bond donors (Lipinski definition) is 0. The molecule has 0 radical (unpaired) electrons. The molecule has 0 saturated carbocycles. The second kappa shape index (κ2) is 10.6. The van der Waals surface area contributed by atoms with Gasteiger partial charge in [-0.25, -0.2) is 0 Å². The zero-order valence-electron chi connectivity index (χ0n) is 16.6. The molecule has 0 N–H and O–H groups in total. The number of rotatable bonds is 8. The molecular formula is C22H32O2Sn. The normalized spacial score (nSPS) is 10.6. The van der Waals surface area contributed by atoms with Crippen molar-refractivity contribution in [3.8, 4) is 0 Å². The summed E-state index contributed by atoms with van der Waals surface area (Å²) in [7, 11) is 0. The van der Waals surface area contributed by atoms with Crippen LogP contribution in [0, 0.1) is 0 Å². The van der Waals surface area contributed by atoms with Crippen LogP contribution in [0.4, 0.5) is 0 Å².